The first kappa shape index (κ1) is 18.4. The predicted molar refractivity (Wildman–Crippen MR) is 94.3 cm³/mol. The van der Waals surface area contributed by atoms with Crippen LogP contribution in [0.3, 0.4) is 0 Å². The normalized spacial score (nSPS) is 19.6. The number of carbonyl (C=O) groups excluding carboxylic acids is 2. The number of hydrogen-bond donors (Lipinski definition) is 2. The maximum Gasteiger partial charge on any atom is 0.318 e. The second-order valence-corrected chi connectivity index (χ2v) is 6.45. The smallest absolute Gasteiger partial charge is 0.318 e. The van der Waals surface area contributed by atoms with Gasteiger partial charge in [-0.05, 0) is 38.4 Å². The van der Waals surface area contributed by atoms with Crippen molar-refractivity contribution in [3.8, 4) is 0 Å². The summed E-state index contributed by atoms with van der Waals surface area (Å²) in [5.74, 6) is -0.295. The third kappa shape index (κ3) is 6.29. The summed E-state index contributed by atoms with van der Waals surface area (Å²) in [6.07, 6.45) is 2.20. The van der Waals surface area contributed by atoms with Crippen LogP contribution >= 0.6 is 0 Å². The topological polar surface area (TPSA) is 78.7 Å². The van der Waals surface area contributed by atoms with Gasteiger partial charge in [0.15, 0.2) is 0 Å². The lowest BCUT2D eigenvalue weighted by Gasteiger charge is -2.26. The third-order valence-corrected chi connectivity index (χ3v) is 4.56. The largest absolute Gasteiger partial charge is 0.351 e. The maximum absolute atomic E-state index is 11.4. The fraction of sp³-hybridized carbons (Fsp3) is 0.556. The number of nitrogens with two attached hydrogens (primary N) is 1. The molecule has 1 heterocycles. The molecule has 1 saturated heterocycles. The van der Waals surface area contributed by atoms with Gasteiger partial charge in [-0.15, -0.1) is 0 Å². The molecule has 1 atom stereocenters. The van der Waals surface area contributed by atoms with Crippen molar-refractivity contribution in [3.63, 3.8) is 0 Å². The van der Waals surface area contributed by atoms with Gasteiger partial charge in [0, 0.05) is 32.1 Å². The molecular formula is C18H28N4O2. The van der Waals surface area contributed by atoms with Crippen LogP contribution in [0, 0.1) is 0 Å². The van der Waals surface area contributed by atoms with Gasteiger partial charge in [0.25, 0.3) is 0 Å². The summed E-state index contributed by atoms with van der Waals surface area (Å²) in [5.41, 5.74) is 6.28. The molecule has 0 aromatic heterocycles. The Morgan fingerprint density at radius 2 is 1.96 bits per heavy atom. The molecule has 3 N–H and O–H groups in total. The molecule has 1 aliphatic heterocycles. The standard InChI is InChI=1S/C18H28N4O2/c1-15-9-11-21(10-5-8-17(23)20-18(19)24)12-13-22(15)14-16-6-3-2-4-7-16/h2-4,6-7,15H,5,8-14H2,1H3,(H3,19,20,23,24)/t15-/m1/s1. The highest BCUT2D eigenvalue weighted by Gasteiger charge is 2.20. The fourth-order valence-electron chi connectivity index (χ4n) is 3.09. The first-order valence-corrected chi connectivity index (χ1v) is 8.64. The fourth-order valence-corrected chi connectivity index (χ4v) is 3.09. The molecule has 1 aromatic rings. The number of hydrogen-bond acceptors (Lipinski definition) is 4. The molecule has 1 fully saturated rings. The summed E-state index contributed by atoms with van der Waals surface area (Å²) in [7, 11) is 0. The Kier molecular flexibility index (Phi) is 7.21. The minimum absolute atomic E-state index is 0.295. The molecule has 0 unspecified atom stereocenters. The van der Waals surface area contributed by atoms with E-state index in [0.29, 0.717) is 12.5 Å². The zero-order valence-corrected chi connectivity index (χ0v) is 14.4. The van der Waals surface area contributed by atoms with Crippen molar-refractivity contribution < 1.29 is 9.59 Å². The number of nitrogens with one attached hydrogen (secondary N) is 1. The Hall–Kier alpha value is -1.92. The first-order valence-electron chi connectivity index (χ1n) is 8.64. The number of benzene rings is 1. The van der Waals surface area contributed by atoms with Gasteiger partial charge in [0.1, 0.15) is 0 Å². The highest BCUT2D eigenvalue weighted by molar-refractivity contribution is 5.93. The lowest BCUT2D eigenvalue weighted by Crippen LogP contribution is -2.36. The summed E-state index contributed by atoms with van der Waals surface area (Å²) >= 11 is 0. The second kappa shape index (κ2) is 9.39. The summed E-state index contributed by atoms with van der Waals surface area (Å²) in [6.45, 7) is 7.23. The lowest BCUT2D eigenvalue weighted by atomic mass is 10.1. The highest BCUT2D eigenvalue weighted by atomic mass is 16.2. The van der Waals surface area contributed by atoms with E-state index in [1.807, 2.05) is 6.07 Å². The van der Waals surface area contributed by atoms with E-state index in [0.717, 1.165) is 45.6 Å². The number of amides is 3. The minimum atomic E-state index is -0.778. The monoisotopic (exact) mass is 332 g/mol. The van der Waals surface area contributed by atoms with Crippen LogP contribution in [0.2, 0.25) is 0 Å². The van der Waals surface area contributed by atoms with Crippen molar-refractivity contribution in [1.82, 2.24) is 15.1 Å². The van der Waals surface area contributed by atoms with Gasteiger partial charge < -0.3 is 10.6 Å². The third-order valence-electron chi connectivity index (χ3n) is 4.56. The zero-order chi connectivity index (χ0) is 17.4. The molecule has 0 saturated carbocycles. The summed E-state index contributed by atoms with van der Waals surface area (Å²) < 4.78 is 0. The second-order valence-electron chi connectivity index (χ2n) is 6.45. The molecule has 24 heavy (non-hydrogen) atoms. The van der Waals surface area contributed by atoms with E-state index in [-0.39, 0.29) is 5.91 Å². The van der Waals surface area contributed by atoms with E-state index in [1.165, 1.54) is 5.56 Å². The van der Waals surface area contributed by atoms with Gasteiger partial charge in [-0.25, -0.2) is 4.79 Å². The zero-order valence-electron chi connectivity index (χ0n) is 14.4. The number of carbonyl (C=O) groups is 2. The van der Waals surface area contributed by atoms with Gasteiger partial charge in [-0.3, -0.25) is 15.0 Å². The maximum atomic E-state index is 11.4. The highest BCUT2D eigenvalue weighted by Crippen LogP contribution is 2.15. The predicted octanol–water partition coefficient (Wildman–Crippen LogP) is 1.56. The van der Waals surface area contributed by atoms with Crippen LogP contribution in [0.25, 0.3) is 0 Å². The molecular weight excluding hydrogens is 304 g/mol. The molecule has 0 radical (unpaired) electrons. The van der Waals surface area contributed by atoms with Crippen molar-refractivity contribution in [2.45, 2.75) is 38.8 Å². The molecule has 132 valence electrons. The van der Waals surface area contributed by atoms with Crippen molar-refractivity contribution in [2.75, 3.05) is 26.2 Å². The van der Waals surface area contributed by atoms with Crippen LogP contribution in [-0.2, 0) is 11.3 Å². The molecule has 6 heteroatoms. The van der Waals surface area contributed by atoms with Gasteiger partial charge >= 0.3 is 6.03 Å². The molecule has 0 aliphatic carbocycles. The Balaban J connectivity index is 1.75. The Bertz CT molecular complexity index is 535. The molecule has 3 amide bonds. The van der Waals surface area contributed by atoms with Crippen LogP contribution < -0.4 is 11.1 Å². The Morgan fingerprint density at radius 1 is 1.21 bits per heavy atom. The number of primary amides is 1. The molecule has 6 nitrogen and oxygen atoms in total. The van der Waals surface area contributed by atoms with Crippen molar-refractivity contribution in [3.05, 3.63) is 35.9 Å². The number of nitrogens with zero attached hydrogens (tertiary/aromatic N) is 2. The summed E-state index contributed by atoms with van der Waals surface area (Å²) in [6, 6.07) is 10.3. The van der Waals surface area contributed by atoms with Gasteiger partial charge in [0.05, 0.1) is 0 Å². The molecule has 2 rings (SSSR count). The molecule has 1 aromatic carbocycles. The van der Waals surface area contributed by atoms with Crippen LogP contribution in [0.5, 0.6) is 0 Å². The molecule has 0 spiro atoms. The van der Waals surface area contributed by atoms with Crippen molar-refractivity contribution in [2.24, 2.45) is 5.73 Å². The average molecular weight is 332 g/mol. The number of rotatable bonds is 6. The Labute approximate surface area is 144 Å². The quantitative estimate of drug-likeness (QED) is 0.828. The Morgan fingerprint density at radius 3 is 2.67 bits per heavy atom. The van der Waals surface area contributed by atoms with E-state index >= 15 is 0 Å². The first-order chi connectivity index (χ1) is 11.5. The minimum Gasteiger partial charge on any atom is -0.351 e. The number of urea groups is 1. The number of imide groups is 1. The van der Waals surface area contributed by atoms with Crippen LogP contribution in [0.15, 0.2) is 30.3 Å². The van der Waals surface area contributed by atoms with Gasteiger partial charge in [0.2, 0.25) is 5.91 Å². The van der Waals surface area contributed by atoms with E-state index in [4.69, 9.17) is 5.73 Å². The van der Waals surface area contributed by atoms with Gasteiger partial charge in [-0.2, -0.15) is 0 Å². The SMILES string of the molecule is C[C@@H]1CCN(CCCC(=O)NC(N)=O)CCN1Cc1ccccc1. The van der Waals surface area contributed by atoms with Crippen molar-refractivity contribution in [1.29, 1.82) is 0 Å². The average Bonchev–Trinajstić information content (AvgIpc) is 2.71. The summed E-state index contributed by atoms with van der Waals surface area (Å²) in [4.78, 5) is 27.0. The van der Waals surface area contributed by atoms with E-state index in [9.17, 15) is 9.59 Å². The molecule has 1 aliphatic rings. The van der Waals surface area contributed by atoms with Crippen molar-refractivity contribution >= 4 is 11.9 Å². The lowest BCUT2D eigenvalue weighted by molar-refractivity contribution is -0.120. The van der Waals surface area contributed by atoms with E-state index < -0.39 is 6.03 Å². The van der Waals surface area contributed by atoms with E-state index in [1.54, 1.807) is 0 Å². The summed E-state index contributed by atoms with van der Waals surface area (Å²) in [5, 5.41) is 2.11. The van der Waals surface area contributed by atoms with Crippen LogP contribution in [0.1, 0.15) is 31.7 Å². The van der Waals surface area contributed by atoms with Gasteiger partial charge in [-0.1, -0.05) is 30.3 Å². The molecule has 0 bridgehead atoms. The van der Waals surface area contributed by atoms with E-state index in [2.05, 4.69) is 46.3 Å². The van der Waals surface area contributed by atoms with Crippen LogP contribution in [-0.4, -0.2) is 54.0 Å². The van der Waals surface area contributed by atoms with Crippen LogP contribution in [0.4, 0.5) is 4.79 Å².